The Kier molecular flexibility index (Phi) is 5.15. The van der Waals surface area contributed by atoms with Crippen LogP contribution in [-0.4, -0.2) is 36.2 Å². The number of aliphatic hydroxyl groups is 1. The maximum absolute atomic E-state index is 12.9. The van der Waals surface area contributed by atoms with E-state index in [9.17, 15) is 9.50 Å². The molecule has 3 nitrogen and oxygen atoms in total. The lowest BCUT2D eigenvalue weighted by atomic mass is 10.2. The fourth-order valence-corrected chi connectivity index (χ4v) is 1.65. The Morgan fingerprint density at radius 3 is 2.81 bits per heavy atom. The standard InChI is InChI=1S/C11H16ClFN2O/c1-15(7-9(16)5-14)6-8-2-3-11(13)10(12)4-8/h2-4,9,16H,5-7,14H2,1H3. The van der Waals surface area contributed by atoms with Gasteiger partial charge < -0.3 is 10.8 Å². The molecule has 0 amide bonds. The number of rotatable bonds is 5. The lowest BCUT2D eigenvalue weighted by Crippen LogP contribution is -2.33. The van der Waals surface area contributed by atoms with Crippen LogP contribution in [-0.2, 0) is 6.54 Å². The van der Waals surface area contributed by atoms with Crippen LogP contribution in [0.5, 0.6) is 0 Å². The highest BCUT2D eigenvalue weighted by Gasteiger charge is 2.08. The van der Waals surface area contributed by atoms with Gasteiger partial charge in [-0.2, -0.15) is 0 Å². The lowest BCUT2D eigenvalue weighted by molar-refractivity contribution is 0.129. The van der Waals surface area contributed by atoms with E-state index in [0.717, 1.165) is 5.56 Å². The molecule has 1 atom stereocenters. The second kappa shape index (κ2) is 6.15. The van der Waals surface area contributed by atoms with Crippen LogP contribution in [0.25, 0.3) is 0 Å². The Bertz CT molecular complexity index is 349. The van der Waals surface area contributed by atoms with Crippen molar-refractivity contribution >= 4 is 11.6 Å². The van der Waals surface area contributed by atoms with Crippen LogP contribution in [0.2, 0.25) is 5.02 Å². The monoisotopic (exact) mass is 246 g/mol. The molecule has 0 aliphatic heterocycles. The van der Waals surface area contributed by atoms with Crippen molar-refractivity contribution in [1.82, 2.24) is 4.90 Å². The third kappa shape index (κ3) is 4.06. The van der Waals surface area contributed by atoms with Crippen molar-refractivity contribution in [3.05, 3.63) is 34.6 Å². The van der Waals surface area contributed by atoms with Crippen LogP contribution in [0.15, 0.2) is 18.2 Å². The SMILES string of the molecule is CN(Cc1ccc(F)c(Cl)c1)CC(O)CN. The fourth-order valence-electron chi connectivity index (χ4n) is 1.45. The van der Waals surface area contributed by atoms with Crippen molar-refractivity contribution in [2.24, 2.45) is 5.73 Å². The Morgan fingerprint density at radius 2 is 2.25 bits per heavy atom. The van der Waals surface area contributed by atoms with Crippen LogP contribution < -0.4 is 5.73 Å². The molecule has 0 heterocycles. The number of aliphatic hydroxyl groups excluding tert-OH is 1. The molecule has 1 aromatic rings. The minimum absolute atomic E-state index is 0.116. The fraction of sp³-hybridized carbons (Fsp3) is 0.455. The topological polar surface area (TPSA) is 49.5 Å². The first-order valence-electron chi connectivity index (χ1n) is 5.03. The number of hydrogen-bond donors (Lipinski definition) is 2. The third-order valence-electron chi connectivity index (χ3n) is 2.23. The minimum atomic E-state index is -0.541. The summed E-state index contributed by atoms with van der Waals surface area (Å²) >= 11 is 5.67. The highest BCUT2D eigenvalue weighted by atomic mass is 35.5. The van der Waals surface area contributed by atoms with E-state index in [1.54, 1.807) is 12.1 Å². The number of hydrogen-bond acceptors (Lipinski definition) is 3. The van der Waals surface area contributed by atoms with Gasteiger partial charge in [0.2, 0.25) is 0 Å². The molecule has 1 aromatic carbocycles. The van der Waals surface area contributed by atoms with Crippen molar-refractivity contribution < 1.29 is 9.50 Å². The summed E-state index contributed by atoms with van der Waals surface area (Å²) in [6, 6.07) is 4.60. The largest absolute Gasteiger partial charge is 0.390 e. The van der Waals surface area contributed by atoms with E-state index in [0.29, 0.717) is 13.1 Å². The predicted molar refractivity (Wildman–Crippen MR) is 62.8 cm³/mol. The molecular weight excluding hydrogens is 231 g/mol. The minimum Gasteiger partial charge on any atom is -0.390 e. The van der Waals surface area contributed by atoms with Crippen LogP contribution >= 0.6 is 11.6 Å². The second-order valence-electron chi connectivity index (χ2n) is 3.83. The molecule has 0 aromatic heterocycles. The van der Waals surface area contributed by atoms with Gasteiger partial charge in [0.05, 0.1) is 11.1 Å². The third-order valence-corrected chi connectivity index (χ3v) is 2.52. The maximum atomic E-state index is 12.9. The molecule has 0 fully saturated rings. The van der Waals surface area contributed by atoms with E-state index in [2.05, 4.69) is 0 Å². The van der Waals surface area contributed by atoms with Crippen molar-refractivity contribution in [2.45, 2.75) is 12.6 Å². The van der Waals surface area contributed by atoms with E-state index in [-0.39, 0.29) is 11.6 Å². The summed E-state index contributed by atoms with van der Waals surface area (Å²) in [7, 11) is 1.86. The lowest BCUT2D eigenvalue weighted by Gasteiger charge is -2.19. The first kappa shape index (κ1) is 13.4. The zero-order chi connectivity index (χ0) is 12.1. The number of nitrogens with zero attached hydrogens (tertiary/aromatic N) is 1. The molecule has 3 N–H and O–H groups in total. The van der Waals surface area contributed by atoms with Gasteiger partial charge in [-0.15, -0.1) is 0 Å². The van der Waals surface area contributed by atoms with Gasteiger partial charge in [-0.25, -0.2) is 4.39 Å². The summed E-state index contributed by atoms with van der Waals surface area (Å²) in [6.45, 7) is 1.30. The zero-order valence-corrected chi connectivity index (χ0v) is 9.91. The molecule has 0 radical (unpaired) electrons. The average Bonchev–Trinajstić information content (AvgIpc) is 2.23. The molecule has 0 saturated carbocycles. The molecule has 0 spiro atoms. The smallest absolute Gasteiger partial charge is 0.141 e. The number of nitrogens with two attached hydrogens (primary N) is 1. The summed E-state index contributed by atoms with van der Waals surface area (Å²) in [5.74, 6) is -0.421. The molecule has 1 unspecified atom stereocenters. The molecule has 5 heteroatoms. The predicted octanol–water partition coefficient (Wildman–Crippen LogP) is 1.23. The van der Waals surface area contributed by atoms with E-state index in [1.165, 1.54) is 6.07 Å². The van der Waals surface area contributed by atoms with Gasteiger partial charge in [0.1, 0.15) is 5.82 Å². The van der Waals surface area contributed by atoms with Gasteiger partial charge in [-0.3, -0.25) is 4.90 Å². The quantitative estimate of drug-likeness (QED) is 0.822. The number of benzene rings is 1. The van der Waals surface area contributed by atoms with Gasteiger partial charge >= 0.3 is 0 Å². The molecular formula is C11H16ClFN2O. The molecule has 90 valence electrons. The van der Waals surface area contributed by atoms with E-state index < -0.39 is 11.9 Å². The first-order chi connectivity index (χ1) is 7.52. The summed E-state index contributed by atoms with van der Waals surface area (Å²) in [5, 5.41) is 9.47. The average molecular weight is 247 g/mol. The molecule has 0 aliphatic rings. The van der Waals surface area contributed by atoms with Gasteiger partial charge in [0, 0.05) is 19.6 Å². The zero-order valence-electron chi connectivity index (χ0n) is 9.16. The molecule has 0 bridgehead atoms. The Hall–Kier alpha value is -0.680. The van der Waals surface area contributed by atoms with Crippen molar-refractivity contribution in [2.75, 3.05) is 20.1 Å². The molecule has 0 aliphatic carbocycles. The highest BCUT2D eigenvalue weighted by Crippen LogP contribution is 2.16. The second-order valence-corrected chi connectivity index (χ2v) is 4.24. The first-order valence-corrected chi connectivity index (χ1v) is 5.41. The highest BCUT2D eigenvalue weighted by molar-refractivity contribution is 6.30. The Morgan fingerprint density at radius 1 is 1.56 bits per heavy atom. The Labute approximate surface area is 99.6 Å². The van der Waals surface area contributed by atoms with Crippen molar-refractivity contribution in [3.8, 4) is 0 Å². The molecule has 0 saturated heterocycles. The van der Waals surface area contributed by atoms with Crippen LogP contribution in [0.3, 0.4) is 0 Å². The summed E-state index contributed by atoms with van der Waals surface area (Å²) in [6.07, 6.45) is -0.541. The van der Waals surface area contributed by atoms with E-state index in [4.69, 9.17) is 17.3 Å². The summed E-state index contributed by atoms with van der Waals surface area (Å²) in [5.41, 5.74) is 6.21. The van der Waals surface area contributed by atoms with Gasteiger partial charge in [-0.05, 0) is 24.7 Å². The van der Waals surface area contributed by atoms with Crippen LogP contribution in [0, 0.1) is 5.82 Å². The Balaban J connectivity index is 2.56. The van der Waals surface area contributed by atoms with Gasteiger partial charge in [-0.1, -0.05) is 17.7 Å². The van der Waals surface area contributed by atoms with Crippen molar-refractivity contribution in [3.63, 3.8) is 0 Å². The van der Waals surface area contributed by atoms with E-state index >= 15 is 0 Å². The van der Waals surface area contributed by atoms with Gasteiger partial charge in [0.25, 0.3) is 0 Å². The van der Waals surface area contributed by atoms with E-state index in [1.807, 2.05) is 11.9 Å². The summed E-state index contributed by atoms with van der Waals surface area (Å²) in [4.78, 5) is 1.90. The summed E-state index contributed by atoms with van der Waals surface area (Å²) < 4.78 is 12.9. The van der Waals surface area contributed by atoms with Crippen molar-refractivity contribution in [1.29, 1.82) is 0 Å². The molecule has 1 rings (SSSR count). The van der Waals surface area contributed by atoms with Crippen LogP contribution in [0.1, 0.15) is 5.56 Å². The maximum Gasteiger partial charge on any atom is 0.141 e. The van der Waals surface area contributed by atoms with Gasteiger partial charge in [0.15, 0.2) is 0 Å². The normalized spacial score (nSPS) is 13.1. The number of likely N-dealkylation sites (N-methyl/N-ethyl adjacent to an activating group) is 1. The van der Waals surface area contributed by atoms with Crippen LogP contribution in [0.4, 0.5) is 4.39 Å². The molecule has 16 heavy (non-hydrogen) atoms. The number of halogens is 2.